The van der Waals surface area contributed by atoms with Gasteiger partial charge in [0.1, 0.15) is 5.76 Å². The number of halogens is 2. The molecule has 1 aliphatic carbocycles. The summed E-state index contributed by atoms with van der Waals surface area (Å²) in [5.41, 5.74) is 1.32. The number of aliphatic hydroxyl groups excluding tert-OH is 1. The molecule has 2 aromatic carbocycles. The van der Waals surface area contributed by atoms with E-state index in [9.17, 15) is 9.90 Å². The molecule has 0 radical (unpaired) electrons. The zero-order chi connectivity index (χ0) is 14.3. The molecule has 0 saturated heterocycles. The van der Waals surface area contributed by atoms with Gasteiger partial charge < -0.3 is 5.11 Å². The van der Waals surface area contributed by atoms with Gasteiger partial charge in [-0.15, -0.1) is 0 Å². The molecule has 4 heteroatoms. The summed E-state index contributed by atoms with van der Waals surface area (Å²) in [5.74, 6) is -0.482. The molecule has 1 atom stereocenters. The minimum atomic E-state index is -1.57. The highest BCUT2D eigenvalue weighted by Crippen LogP contribution is 2.48. The average molecular weight is 305 g/mol. The number of ketones is 1. The average Bonchev–Trinajstić information content (AvgIpc) is 2.51. The number of carbonyl (C=O) groups excluding carboxylic acids is 1. The van der Waals surface area contributed by atoms with E-state index in [-0.39, 0.29) is 16.6 Å². The summed E-state index contributed by atoms with van der Waals surface area (Å²) in [6.07, 6.45) is 0. The van der Waals surface area contributed by atoms with Crippen molar-refractivity contribution in [3.8, 4) is 0 Å². The van der Waals surface area contributed by atoms with Gasteiger partial charge >= 0.3 is 0 Å². The fraction of sp³-hybridized carbons (Fsp3) is 0.0625. The number of alkyl halides is 1. The summed E-state index contributed by atoms with van der Waals surface area (Å²) in [5, 5.41) is 10.2. The van der Waals surface area contributed by atoms with Crippen LogP contribution in [0.2, 0.25) is 0 Å². The molecule has 0 fully saturated rings. The van der Waals surface area contributed by atoms with Crippen molar-refractivity contribution in [2.75, 3.05) is 0 Å². The predicted octanol–water partition coefficient (Wildman–Crippen LogP) is 4.48. The van der Waals surface area contributed by atoms with Gasteiger partial charge in [0.15, 0.2) is 10.7 Å². The number of carbonyl (C=O) groups is 1. The van der Waals surface area contributed by atoms with Gasteiger partial charge in [-0.05, 0) is 5.56 Å². The van der Waals surface area contributed by atoms with E-state index in [1.807, 2.05) is 6.07 Å². The molecule has 2 aromatic rings. The summed E-state index contributed by atoms with van der Waals surface area (Å²) in [7, 11) is 0. The van der Waals surface area contributed by atoms with Crippen molar-refractivity contribution in [3.05, 3.63) is 76.3 Å². The van der Waals surface area contributed by atoms with Gasteiger partial charge in [0.2, 0.25) is 0 Å². The number of Topliss-reactive ketones (excluding diaryl/α,β-unsaturated/α-hetero) is 1. The summed E-state index contributed by atoms with van der Waals surface area (Å²) >= 11 is 12.7. The molecule has 0 saturated carbocycles. The molecular formula is C16H10Cl2O2. The predicted molar refractivity (Wildman–Crippen MR) is 80.1 cm³/mol. The minimum absolute atomic E-state index is 0.0610. The van der Waals surface area contributed by atoms with Gasteiger partial charge in [0, 0.05) is 11.1 Å². The molecule has 20 heavy (non-hydrogen) atoms. The van der Waals surface area contributed by atoms with Gasteiger partial charge in [-0.3, -0.25) is 4.79 Å². The van der Waals surface area contributed by atoms with Crippen molar-refractivity contribution in [1.29, 1.82) is 0 Å². The summed E-state index contributed by atoms with van der Waals surface area (Å²) < 4.78 is 0. The van der Waals surface area contributed by atoms with Crippen LogP contribution in [0.3, 0.4) is 0 Å². The van der Waals surface area contributed by atoms with E-state index in [1.54, 1.807) is 48.5 Å². The molecule has 0 aliphatic heterocycles. The third kappa shape index (κ3) is 1.69. The minimum Gasteiger partial charge on any atom is -0.506 e. The van der Waals surface area contributed by atoms with Crippen molar-refractivity contribution in [3.63, 3.8) is 0 Å². The van der Waals surface area contributed by atoms with E-state index in [2.05, 4.69) is 0 Å². The van der Waals surface area contributed by atoms with E-state index in [1.165, 1.54) is 0 Å². The highest BCUT2D eigenvalue weighted by molar-refractivity contribution is 6.50. The maximum absolute atomic E-state index is 12.7. The Morgan fingerprint density at radius 3 is 2.10 bits per heavy atom. The lowest BCUT2D eigenvalue weighted by atomic mass is 9.82. The second kappa shape index (κ2) is 4.65. The van der Waals surface area contributed by atoms with E-state index in [0.717, 1.165) is 0 Å². The zero-order valence-electron chi connectivity index (χ0n) is 10.3. The van der Waals surface area contributed by atoms with Gasteiger partial charge in [-0.2, -0.15) is 0 Å². The van der Waals surface area contributed by atoms with Crippen molar-refractivity contribution >= 4 is 34.7 Å². The Labute approximate surface area is 126 Å². The van der Waals surface area contributed by atoms with Crippen molar-refractivity contribution in [1.82, 2.24) is 0 Å². The van der Waals surface area contributed by atoms with Crippen LogP contribution < -0.4 is 0 Å². The quantitative estimate of drug-likeness (QED) is 0.789. The molecule has 100 valence electrons. The Bertz CT molecular complexity index is 722. The standard InChI is InChI=1S/C16H10Cl2O2/c17-14-13(19)11-8-4-5-9-12(11)15(20)16(14,18)10-6-2-1-3-7-10/h1-9,19H. The van der Waals surface area contributed by atoms with Gasteiger partial charge in [0.25, 0.3) is 0 Å². The maximum atomic E-state index is 12.7. The first-order valence-corrected chi connectivity index (χ1v) is 6.80. The number of hydrogen-bond donors (Lipinski definition) is 1. The SMILES string of the molecule is O=C1c2ccccc2C(O)=C(Cl)C1(Cl)c1ccccc1. The highest BCUT2D eigenvalue weighted by atomic mass is 35.5. The van der Waals surface area contributed by atoms with Crippen LogP contribution >= 0.6 is 23.2 Å². The molecule has 0 aromatic heterocycles. The maximum Gasteiger partial charge on any atom is 0.194 e. The summed E-state index contributed by atoms with van der Waals surface area (Å²) in [6, 6.07) is 15.5. The Morgan fingerprint density at radius 1 is 0.900 bits per heavy atom. The Morgan fingerprint density at radius 2 is 1.45 bits per heavy atom. The lowest BCUT2D eigenvalue weighted by Gasteiger charge is -2.31. The first-order valence-electron chi connectivity index (χ1n) is 6.04. The molecular weight excluding hydrogens is 295 g/mol. The number of rotatable bonds is 1. The zero-order valence-corrected chi connectivity index (χ0v) is 11.8. The molecule has 0 bridgehead atoms. The number of allylic oxidation sites excluding steroid dienone is 1. The van der Waals surface area contributed by atoms with Crippen LogP contribution in [-0.2, 0) is 4.87 Å². The first kappa shape index (κ1) is 13.2. The molecule has 1 unspecified atom stereocenters. The normalized spacial score (nSPS) is 21.8. The van der Waals surface area contributed by atoms with E-state index in [0.29, 0.717) is 16.7 Å². The van der Waals surface area contributed by atoms with Gasteiger partial charge in [-0.25, -0.2) is 0 Å². The first-order chi connectivity index (χ1) is 9.56. The molecule has 0 spiro atoms. The number of benzene rings is 2. The molecule has 2 nitrogen and oxygen atoms in total. The van der Waals surface area contributed by atoms with E-state index < -0.39 is 4.87 Å². The van der Waals surface area contributed by atoms with Crippen molar-refractivity contribution in [2.45, 2.75) is 4.87 Å². The number of aliphatic hydroxyl groups is 1. The smallest absolute Gasteiger partial charge is 0.194 e. The Kier molecular flexibility index (Phi) is 3.08. The largest absolute Gasteiger partial charge is 0.506 e. The van der Waals surface area contributed by atoms with Crippen LogP contribution in [0.4, 0.5) is 0 Å². The molecule has 0 heterocycles. The molecule has 1 N–H and O–H groups in total. The van der Waals surface area contributed by atoms with Crippen molar-refractivity contribution in [2.24, 2.45) is 0 Å². The fourth-order valence-corrected chi connectivity index (χ4v) is 2.99. The summed E-state index contributed by atoms with van der Waals surface area (Å²) in [6.45, 7) is 0. The second-order valence-corrected chi connectivity index (χ2v) is 5.51. The van der Waals surface area contributed by atoms with Gasteiger partial charge in [-0.1, -0.05) is 77.8 Å². The molecule has 0 amide bonds. The third-order valence-corrected chi connectivity index (χ3v) is 4.56. The fourth-order valence-electron chi connectivity index (χ4n) is 2.38. The number of fused-ring (bicyclic) bond motifs is 1. The lowest BCUT2D eigenvalue weighted by Crippen LogP contribution is -2.35. The third-order valence-electron chi connectivity index (χ3n) is 3.42. The van der Waals surface area contributed by atoms with Gasteiger partial charge in [0.05, 0.1) is 5.03 Å². The molecule has 3 rings (SSSR count). The summed E-state index contributed by atoms with van der Waals surface area (Å²) in [4.78, 5) is 11.2. The van der Waals surface area contributed by atoms with Crippen LogP contribution in [0.1, 0.15) is 21.5 Å². The highest BCUT2D eigenvalue weighted by Gasteiger charge is 2.47. The Balaban J connectivity index is 2.30. The van der Waals surface area contributed by atoms with Crippen molar-refractivity contribution < 1.29 is 9.90 Å². The van der Waals surface area contributed by atoms with Crippen LogP contribution in [0.25, 0.3) is 5.76 Å². The Hall–Kier alpha value is -1.77. The van der Waals surface area contributed by atoms with Crippen LogP contribution in [0.15, 0.2) is 59.6 Å². The second-order valence-electron chi connectivity index (χ2n) is 4.56. The lowest BCUT2D eigenvalue weighted by molar-refractivity contribution is 0.0952. The van der Waals surface area contributed by atoms with E-state index in [4.69, 9.17) is 23.2 Å². The van der Waals surface area contributed by atoms with E-state index >= 15 is 0 Å². The van der Waals surface area contributed by atoms with Crippen LogP contribution in [0, 0.1) is 0 Å². The topological polar surface area (TPSA) is 37.3 Å². The monoisotopic (exact) mass is 304 g/mol. The molecule has 1 aliphatic rings. The van der Waals surface area contributed by atoms with Crippen LogP contribution in [-0.4, -0.2) is 10.9 Å². The number of hydrogen-bond acceptors (Lipinski definition) is 2. The van der Waals surface area contributed by atoms with Crippen LogP contribution in [0.5, 0.6) is 0 Å².